The van der Waals surface area contributed by atoms with Crippen LogP contribution in [0.1, 0.15) is 31.0 Å². The summed E-state index contributed by atoms with van der Waals surface area (Å²) < 4.78 is 23.7. The van der Waals surface area contributed by atoms with Gasteiger partial charge >= 0.3 is 0 Å². The molecule has 0 spiro atoms. The van der Waals surface area contributed by atoms with Crippen LogP contribution in [0.15, 0.2) is 57.5 Å². The van der Waals surface area contributed by atoms with Crippen LogP contribution >= 0.6 is 11.3 Å². The highest BCUT2D eigenvalue weighted by Gasteiger charge is 2.32. The molecule has 0 N–H and O–H groups in total. The SMILES string of the molecule is COc1ccc(C=c2sc3n(c2=O)C(c2ccc(OC)cc2OC)C(C(C)=O)=C(C)N=3)c(OC)c1. The molecule has 35 heavy (non-hydrogen) atoms. The van der Waals surface area contributed by atoms with Crippen molar-refractivity contribution in [2.24, 2.45) is 4.99 Å². The second kappa shape index (κ2) is 9.79. The molecule has 1 aliphatic heterocycles. The average Bonchev–Trinajstić information content (AvgIpc) is 3.16. The number of carbonyl (C=O) groups is 1. The molecule has 1 atom stereocenters. The van der Waals surface area contributed by atoms with Gasteiger partial charge in [-0.15, -0.1) is 0 Å². The molecule has 2 heterocycles. The van der Waals surface area contributed by atoms with Crippen molar-refractivity contribution in [2.45, 2.75) is 19.9 Å². The third kappa shape index (κ3) is 4.35. The van der Waals surface area contributed by atoms with Gasteiger partial charge in [0.1, 0.15) is 23.0 Å². The fourth-order valence-electron chi connectivity index (χ4n) is 4.19. The molecule has 0 fully saturated rings. The van der Waals surface area contributed by atoms with E-state index in [-0.39, 0.29) is 11.3 Å². The van der Waals surface area contributed by atoms with Gasteiger partial charge in [-0.1, -0.05) is 11.3 Å². The summed E-state index contributed by atoms with van der Waals surface area (Å²) in [6.07, 6.45) is 1.76. The van der Waals surface area contributed by atoms with Crippen LogP contribution < -0.4 is 33.8 Å². The van der Waals surface area contributed by atoms with Gasteiger partial charge in [0.2, 0.25) is 0 Å². The lowest BCUT2D eigenvalue weighted by atomic mass is 9.92. The van der Waals surface area contributed by atoms with Crippen LogP contribution in [0.5, 0.6) is 23.0 Å². The van der Waals surface area contributed by atoms with Crippen molar-refractivity contribution in [3.63, 3.8) is 0 Å². The minimum absolute atomic E-state index is 0.166. The van der Waals surface area contributed by atoms with Gasteiger partial charge in [0.25, 0.3) is 5.56 Å². The number of ketones is 1. The van der Waals surface area contributed by atoms with E-state index in [1.807, 2.05) is 12.1 Å². The Labute approximate surface area is 206 Å². The van der Waals surface area contributed by atoms with Crippen molar-refractivity contribution < 1.29 is 23.7 Å². The zero-order chi connectivity index (χ0) is 25.3. The average molecular weight is 495 g/mol. The summed E-state index contributed by atoms with van der Waals surface area (Å²) in [4.78, 5) is 31.6. The first kappa shape index (κ1) is 24.3. The van der Waals surface area contributed by atoms with E-state index in [0.717, 1.165) is 5.56 Å². The van der Waals surface area contributed by atoms with E-state index in [1.165, 1.54) is 18.3 Å². The van der Waals surface area contributed by atoms with Crippen molar-refractivity contribution in [3.8, 4) is 23.0 Å². The van der Waals surface area contributed by atoms with Crippen LogP contribution in [0.25, 0.3) is 6.08 Å². The summed E-state index contributed by atoms with van der Waals surface area (Å²) in [7, 11) is 6.25. The number of ether oxygens (including phenoxy) is 4. The number of fused-ring (bicyclic) bond motifs is 1. The van der Waals surface area contributed by atoms with E-state index in [9.17, 15) is 9.59 Å². The lowest BCUT2D eigenvalue weighted by molar-refractivity contribution is -0.114. The first-order valence-corrected chi connectivity index (χ1v) is 11.6. The normalized spacial score (nSPS) is 15.4. The molecule has 1 aliphatic rings. The molecular weight excluding hydrogens is 468 g/mol. The number of hydrogen-bond acceptors (Lipinski definition) is 8. The van der Waals surface area contributed by atoms with Crippen LogP contribution in [-0.2, 0) is 4.79 Å². The van der Waals surface area contributed by atoms with Gasteiger partial charge in [-0.2, -0.15) is 0 Å². The number of methoxy groups -OCH3 is 4. The number of rotatable bonds is 7. The third-order valence-corrected chi connectivity index (χ3v) is 6.85. The van der Waals surface area contributed by atoms with Gasteiger partial charge in [0.05, 0.1) is 39.0 Å². The highest BCUT2D eigenvalue weighted by molar-refractivity contribution is 7.07. The molecule has 0 saturated heterocycles. The monoisotopic (exact) mass is 494 g/mol. The molecule has 0 aliphatic carbocycles. The number of carbonyl (C=O) groups excluding carboxylic acids is 1. The summed E-state index contributed by atoms with van der Waals surface area (Å²) in [5.74, 6) is 2.17. The van der Waals surface area contributed by atoms with Crippen molar-refractivity contribution in [1.29, 1.82) is 0 Å². The van der Waals surface area contributed by atoms with Gasteiger partial charge in [0, 0.05) is 34.5 Å². The zero-order valence-electron chi connectivity index (χ0n) is 20.4. The molecule has 0 bridgehead atoms. The zero-order valence-corrected chi connectivity index (χ0v) is 21.2. The van der Waals surface area contributed by atoms with Crippen LogP contribution in [0.3, 0.4) is 0 Å². The molecular formula is C26H26N2O6S. The standard InChI is InChI=1S/C26H26N2O6S/c1-14-23(15(2)29)24(19-10-9-18(32-4)13-21(19)34-6)28-25(30)22(35-26(28)27-14)11-16-7-8-17(31-3)12-20(16)33-5/h7-13,24H,1-6H3. The number of aromatic nitrogens is 1. The quantitative estimate of drug-likeness (QED) is 0.502. The molecule has 182 valence electrons. The molecule has 0 radical (unpaired) electrons. The van der Waals surface area contributed by atoms with E-state index in [0.29, 0.717) is 49.2 Å². The minimum Gasteiger partial charge on any atom is -0.497 e. The first-order chi connectivity index (χ1) is 16.8. The predicted molar refractivity (Wildman–Crippen MR) is 134 cm³/mol. The predicted octanol–water partition coefficient (Wildman–Crippen LogP) is 2.86. The smallest absolute Gasteiger partial charge is 0.271 e. The number of nitrogens with zero attached hydrogens (tertiary/aromatic N) is 2. The van der Waals surface area contributed by atoms with Gasteiger partial charge in [0.15, 0.2) is 10.6 Å². The number of allylic oxidation sites excluding steroid dienone is 2. The Kier molecular flexibility index (Phi) is 6.79. The third-order valence-electron chi connectivity index (χ3n) is 5.86. The first-order valence-electron chi connectivity index (χ1n) is 10.8. The molecule has 3 aromatic rings. The van der Waals surface area contributed by atoms with E-state index >= 15 is 0 Å². The Hall–Kier alpha value is -3.85. The Morgan fingerprint density at radius 1 is 0.971 bits per heavy atom. The van der Waals surface area contributed by atoms with Crippen molar-refractivity contribution in [1.82, 2.24) is 4.57 Å². The van der Waals surface area contributed by atoms with Gasteiger partial charge in [-0.05, 0) is 44.2 Å². The van der Waals surface area contributed by atoms with Crippen LogP contribution in [0.4, 0.5) is 0 Å². The molecule has 1 aromatic heterocycles. The summed E-state index contributed by atoms with van der Waals surface area (Å²) in [5.41, 5.74) is 2.13. The molecule has 9 heteroatoms. The summed E-state index contributed by atoms with van der Waals surface area (Å²) >= 11 is 1.25. The largest absolute Gasteiger partial charge is 0.497 e. The molecule has 4 rings (SSSR count). The Morgan fingerprint density at radius 2 is 1.60 bits per heavy atom. The van der Waals surface area contributed by atoms with E-state index in [4.69, 9.17) is 18.9 Å². The van der Waals surface area contributed by atoms with Crippen molar-refractivity contribution in [2.75, 3.05) is 28.4 Å². The Morgan fingerprint density at radius 3 is 2.20 bits per heavy atom. The van der Waals surface area contributed by atoms with Crippen LogP contribution in [0.2, 0.25) is 0 Å². The van der Waals surface area contributed by atoms with Gasteiger partial charge < -0.3 is 18.9 Å². The van der Waals surface area contributed by atoms with Crippen molar-refractivity contribution in [3.05, 3.63) is 78.5 Å². The maximum atomic E-state index is 13.7. The highest BCUT2D eigenvalue weighted by Crippen LogP contribution is 2.37. The van der Waals surface area contributed by atoms with Gasteiger partial charge in [-0.25, -0.2) is 4.99 Å². The Bertz CT molecular complexity index is 1520. The van der Waals surface area contributed by atoms with Crippen molar-refractivity contribution >= 4 is 23.2 Å². The van der Waals surface area contributed by atoms with Gasteiger partial charge in [-0.3, -0.25) is 14.2 Å². The topological polar surface area (TPSA) is 88.3 Å². The minimum atomic E-state index is -0.690. The van der Waals surface area contributed by atoms with Crippen LogP contribution in [0, 0.1) is 0 Å². The summed E-state index contributed by atoms with van der Waals surface area (Å²) in [6, 6.07) is 10.0. The molecule has 1 unspecified atom stereocenters. The fraction of sp³-hybridized carbons (Fsp3) is 0.269. The number of hydrogen-bond donors (Lipinski definition) is 0. The number of thiazole rings is 1. The van der Waals surface area contributed by atoms with E-state index in [1.54, 1.807) is 70.3 Å². The fourth-order valence-corrected chi connectivity index (χ4v) is 5.23. The molecule has 8 nitrogen and oxygen atoms in total. The maximum absolute atomic E-state index is 13.7. The second-order valence-electron chi connectivity index (χ2n) is 7.85. The lowest BCUT2D eigenvalue weighted by Gasteiger charge is -2.26. The highest BCUT2D eigenvalue weighted by atomic mass is 32.1. The summed E-state index contributed by atoms with van der Waals surface area (Å²) in [5, 5.41) is 0. The lowest BCUT2D eigenvalue weighted by Crippen LogP contribution is -2.39. The van der Waals surface area contributed by atoms with Crippen LogP contribution in [-0.4, -0.2) is 38.8 Å². The molecule has 0 saturated carbocycles. The number of benzene rings is 2. The van der Waals surface area contributed by atoms with E-state index in [2.05, 4.69) is 4.99 Å². The number of Topliss-reactive ketones (excluding diaryl/α,β-unsaturated/α-hetero) is 1. The summed E-state index contributed by atoms with van der Waals surface area (Å²) in [6.45, 7) is 3.26. The maximum Gasteiger partial charge on any atom is 0.271 e. The second-order valence-corrected chi connectivity index (χ2v) is 8.86. The Balaban J connectivity index is 1.99. The molecule has 0 amide bonds. The molecule has 2 aromatic carbocycles. The van der Waals surface area contributed by atoms with E-state index < -0.39 is 6.04 Å².